The summed E-state index contributed by atoms with van der Waals surface area (Å²) in [6, 6.07) is -0.175. The van der Waals surface area contributed by atoms with Crippen molar-refractivity contribution in [2.75, 3.05) is 0 Å². The predicted molar refractivity (Wildman–Crippen MR) is 42.0 cm³/mol. The van der Waals surface area contributed by atoms with E-state index in [0.717, 1.165) is 12.8 Å². The molecule has 0 aromatic rings. The van der Waals surface area contributed by atoms with E-state index in [2.05, 4.69) is 0 Å². The van der Waals surface area contributed by atoms with E-state index >= 15 is 0 Å². The minimum Gasteiger partial charge on any atom is -0.324 e. The van der Waals surface area contributed by atoms with Gasteiger partial charge in [0, 0.05) is 11.4 Å². The normalized spacial score (nSPS) is 26.5. The Labute approximate surface area is 65.3 Å². The van der Waals surface area contributed by atoms with Crippen LogP contribution in [0.3, 0.4) is 0 Å². The summed E-state index contributed by atoms with van der Waals surface area (Å²) in [5.74, 6) is 0. The molecule has 0 radical (unpaired) electrons. The third kappa shape index (κ3) is 2.42. The Morgan fingerprint density at radius 2 is 2.27 bits per heavy atom. The summed E-state index contributed by atoms with van der Waals surface area (Å²) in [5.41, 5.74) is 5.50. The van der Waals surface area contributed by atoms with Crippen LogP contribution in [0.5, 0.6) is 0 Å². The first-order valence-corrected chi connectivity index (χ1v) is 5.14. The van der Waals surface area contributed by atoms with Crippen molar-refractivity contribution in [1.82, 2.24) is 0 Å². The summed E-state index contributed by atoms with van der Waals surface area (Å²) in [4.78, 5) is 17.5. The Balaban J connectivity index is 2.80. The Hall–Kier alpha value is -0.150. The second-order valence-electron chi connectivity index (χ2n) is 2.76. The monoisotopic (exact) mass is 177 g/mol. The van der Waals surface area contributed by atoms with Gasteiger partial charge in [-0.05, 0) is 19.3 Å². The molecule has 0 spiro atoms. The predicted octanol–water partition coefficient (Wildman–Crippen LogP) is 0.559. The molecule has 0 amide bonds. The molecule has 0 bridgehead atoms. The summed E-state index contributed by atoms with van der Waals surface area (Å²) in [6.45, 7) is 0. The summed E-state index contributed by atoms with van der Waals surface area (Å²) in [6.07, 6.45) is 3.57. The van der Waals surface area contributed by atoms with Crippen LogP contribution in [0.15, 0.2) is 11.4 Å². The molecule has 0 aromatic carbocycles. The fourth-order valence-electron chi connectivity index (χ4n) is 1.18. The number of allylic oxidation sites excluding steroid dienone is 1. The van der Waals surface area contributed by atoms with Crippen molar-refractivity contribution in [3.8, 4) is 0 Å². The summed E-state index contributed by atoms with van der Waals surface area (Å²) in [7, 11) is -4.00. The van der Waals surface area contributed by atoms with Gasteiger partial charge in [0.2, 0.25) is 0 Å². The molecule has 1 unspecified atom stereocenters. The van der Waals surface area contributed by atoms with Gasteiger partial charge in [0.15, 0.2) is 0 Å². The van der Waals surface area contributed by atoms with Crippen LogP contribution < -0.4 is 5.73 Å². The Bertz CT molecular complexity index is 220. The molecule has 4 nitrogen and oxygen atoms in total. The van der Waals surface area contributed by atoms with Crippen LogP contribution in [0.1, 0.15) is 19.3 Å². The summed E-state index contributed by atoms with van der Waals surface area (Å²) in [5, 5.41) is 0.205. The number of nitrogens with two attached hydrogens (primary N) is 1. The van der Waals surface area contributed by atoms with Gasteiger partial charge in [0.25, 0.3) is 0 Å². The highest BCUT2D eigenvalue weighted by atomic mass is 31.2. The lowest BCUT2D eigenvalue weighted by molar-refractivity contribution is 0.378. The number of hydrogen-bond donors (Lipinski definition) is 3. The molecule has 0 aromatic heterocycles. The van der Waals surface area contributed by atoms with E-state index in [-0.39, 0.29) is 11.4 Å². The highest BCUT2D eigenvalue weighted by molar-refractivity contribution is 7.56. The molecule has 1 aliphatic carbocycles. The SMILES string of the molecule is NC1C=C(P(=O)(O)O)CCC1. The first-order valence-electron chi connectivity index (χ1n) is 3.52. The Morgan fingerprint density at radius 3 is 2.64 bits per heavy atom. The van der Waals surface area contributed by atoms with Crippen LogP contribution in [0.2, 0.25) is 0 Å². The van der Waals surface area contributed by atoms with E-state index in [1.165, 1.54) is 6.08 Å². The molecule has 1 rings (SSSR count). The highest BCUT2D eigenvalue weighted by Crippen LogP contribution is 2.48. The van der Waals surface area contributed by atoms with Crippen molar-refractivity contribution < 1.29 is 14.4 Å². The van der Waals surface area contributed by atoms with Crippen LogP contribution >= 0.6 is 7.60 Å². The molecular weight excluding hydrogens is 165 g/mol. The molecule has 0 fully saturated rings. The van der Waals surface area contributed by atoms with Crippen molar-refractivity contribution in [2.45, 2.75) is 25.3 Å². The molecule has 1 atom stereocenters. The van der Waals surface area contributed by atoms with Crippen molar-refractivity contribution in [2.24, 2.45) is 5.73 Å². The zero-order valence-corrected chi connectivity index (χ0v) is 7.00. The zero-order valence-electron chi connectivity index (χ0n) is 6.10. The smallest absolute Gasteiger partial charge is 0.324 e. The van der Waals surface area contributed by atoms with Gasteiger partial charge in [-0.1, -0.05) is 6.08 Å². The lowest BCUT2D eigenvalue weighted by Gasteiger charge is -2.17. The largest absolute Gasteiger partial charge is 0.351 e. The average Bonchev–Trinajstić information content (AvgIpc) is 1.86. The van der Waals surface area contributed by atoms with Crippen LogP contribution in [0.25, 0.3) is 0 Å². The van der Waals surface area contributed by atoms with Crippen LogP contribution in [-0.2, 0) is 4.57 Å². The summed E-state index contributed by atoms with van der Waals surface area (Å²) >= 11 is 0. The quantitative estimate of drug-likeness (QED) is 0.511. The van der Waals surface area contributed by atoms with Gasteiger partial charge >= 0.3 is 7.60 Å². The first-order chi connectivity index (χ1) is 5.00. The molecule has 1 aliphatic rings. The minimum absolute atomic E-state index is 0.175. The van der Waals surface area contributed by atoms with E-state index in [1.54, 1.807) is 0 Å². The molecule has 11 heavy (non-hydrogen) atoms. The molecule has 0 aliphatic heterocycles. The molecule has 64 valence electrons. The van der Waals surface area contributed by atoms with Crippen molar-refractivity contribution in [3.63, 3.8) is 0 Å². The second kappa shape index (κ2) is 3.07. The van der Waals surface area contributed by atoms with E-state index in [4.69, 9.17) is 15.5 Å². The third-order valence-corrected chi connectivity index (χ3v) is 2.87. The van der Waals surface area contributed by atoms with Crippen LogP contribution in [0, 0.1) is 0 Å². The van der Waals surface area contributed by atoms with E-state index in [1.807, 2.05) is 0 Å². The topological polar surface area (TPSA) is 83.6 Å². The summed E-state index contributed by atoms with van der Waals surface area (Å²) < 4.78 is 10.7. The van der Waals surface area contributed by atoms with Gasteiger partial charge in [0.1, 0.15) is 0 Å². The van der Waals surface area contributed by atoms with Gasteiger partial charge in [-0.15, -0.1) is 0 Å². The lowest BCUT2D eigenvalue weighted by Crippen LogP contribution is -2.20. The maximum atomic E-state index is 10.7. The minimum atomic E-state index is -4.00. The lowest BCUT2D eigenvalue weighted by atomic mass is 10.0. The maximum absolute atomic E-state index is 10.7. The van der Waals surface area contributed by atoms with Gasteiger partial charge < -0.3 is 15.5 Å². The number of hydrogen-bond acceptors (Lipinski definition) is 2. The second-order valence-corrected chi connectivity index (χ2v) is 4.42. The standard InChI is InChI=1S/C6H12NO3P/c7-5-2-1-3-6(4-5)11(8,9)10/h4-5H,1-3,7H2,(H2,8,9,10). The zero-order chi connectivity index (χ0) is 8.48. The Kier molecular flexibility index (Phi) is 2.50. The van der Waals surface area contributed by atoms with Crippen LogP contribution in [-0.4, -0.2) is 15.8 Å². The average molecular weight is 177 g/mol. The Morgan fingerprint density at radius 1 is 1.64 bits per heavy atom. The van der Waals surface area contributed by atoms with Crippen LogP contribution in [0.4, 0.5) is 0 Å². The van der Waals surface area contributed by atoms with Crippen molar-refractivity contribution >= 4 is 7.60 Å². The molecule has 0 saturated heterocycles. The highest BCUT2D eigenvalue weighted by Gasteiger charge is 2.23. The van der Waals surface area contributed by atoms with Gasteiger partial charge in [-0.25, -0.2) is 0 Å². The molecule has 0 saturated carbocycles. The molecular formula is C6H12NO3P. The van der Waals surface area contributed by atoms with E-state index in [9.17, 15) is 4.57 Å². The fourth-order valence-corrected chi connectivity index (χ4v) is 2.01. The maximum Gasteiger partial charge on any atom is 0.351 e. The molecule has 4 N–H and O–H groups in total. The van der Waals surface area contributed by atoms with Gasteiger partial charge in [0.05, 0.1) is 0 Å². The van der Waals surface area contributed by atoms with Crippen molar-refractivity contribution in [1.29, 1.82) is 0 Å². The van der Waals surface area contributed by atoms with Crippen molar-refractivity contribution in [3.05, 3.63) is 11.4 Å². The van der Waals surface area contributed by atoms with E-state index in [0.29, 0.717) is 6.42 Å². The van der Waals surface area contributed by atoms with Gasteiger partial charge in [-0.3, -0.25) is 4.57 Å². The van der Waals surface area contributed by atoms with Gasteiger partial charge in [-0.2, -0.15) is 0 Å². The third-order valence-electron chi connectivity index (χ3n) is 1.75. The number of rotatable bonds is 1. The molecule has 5 heteroatoms. The first kappa shape index (κ1) is 8.94. The van der Waals surface area contributed by atoms with E-state index < -0.39 is 7.60 Å². The molecule has 0 heterocycles. The fraction of sp³-hybridized carbons (Fsp3) is 0.667.